The van der Waals surface area contributed by atoms with Crippen LogP contribution in [0.4, 0.5) is 10.1 Å². The molecule has 0 radical (unpaired) electrons. The number of halogens is 1. The third-order valence-electron chi connectivity index (χ3n) is 6.00. The van der Waals surface area contributed by atoms with E-state index in [0.29, 0.717) is 11.4 Å². The number of benzene rings is 2. The van der Waals surface area contributed by atoms with E-state index in [0.717, 1.165) is 31.5 Å². The van der Waals surface area contributed by atoms with Crippen molar-refractivity contribution >= 4 is 11.6 Å². The van der Waals surface area contributed by atoms with Crippen molar-refractivity contribution in [2.24, 2.45) is 0 Å². The summed E-state index contributed by atoms with van der Waals surface area (Å²) < 4.78 is 19.0. The van der Waals surface area contributed by atoms with Gasteiger partial charge >= 0.3 is 0 Å². The zero-order valence-electron chi connectivity index (χ0n) is 16.6. The fourth-order valence-electron chi connectivity index (χ4n) is 4.54. The number of piperidine rings is 1. The van der Waals surface area contributed by atoms with E-state index in [2.05, 4.69) is 11.8 Å². The van der Waals surface area contributed by atoms with E-state index in [4.69, 9.17) is 4.74 Å². The van der Waals surface area contributed by atoms with Crippen molar-refractivity contribution in [2.45, 2.75) is 37.9 Å². The number of likely N-dealkylation sites (tertiary alicyclic amines) is 1. The summed E-state index contributed by atoms with van der Waals surface area (Å²) in [7, 11) is 1.54. The van der Waals surface area contributed by atoms with Crippen molar-refractivity contribution in [1.29, 1.82) is 0 Å². The van der Waals surface area contributed by atoms with Crippen LogP contribution in [0.5, 0.6) is 11.5 Å². The monoisotopic (exact) mass is 396 g/mol. The molecule has 2 aliphatic rings. The summed E-state index contributed by atoms with van der Waals surface area (Å²) in [6.45, 7) is 3.68. The maximum atomic E-state index is 13.8. The van der Waals surface area contributed by atoms with Gasteiger partial charge in [-0.15, -0.1) is 0 Å². The molecular weight excluding hydrogens is 371 g/mol. The van der Waals surface area contributed by atoms with Gasteiger partial charge in [0.2, 0.25) is 0 Å². The van der Waals surface area contributed by atoms with Crippen LogP contribution in [-0.2, 0) is 11.3 Å². The SMILES string of the molecule is COc1cc(CN2CCC3(C=CC(=O)N3c3cccc(F)c3)CC2C)ccc1O. The van der Waals surface area contributed by atoms with Gasteiger partial charge in [-0.3, -0.25) is 14.6 Å². The van der Waals surface area contributed by atoms with Crippen molar-refractivity contribution in [1.82, 2.24) is 4.90 Å². The highest BCUT2D eigenvalue weighted by molar-refractivity contribution is 6.06. The van der Waals surface area contributed by atoms with E-state index in [-0.39, 0.29) is 23.5 Å². The summed E-state index contributed by atoms with van der Waals surface area (Å²) in [5.74, 6) is 0.149. The molecule has 5 nitrogen and oxygen atoms in total. The summed E-state index contributed by atoms with van der Waals surface area (Å²) in [6.07, 6.45) is 5.13. The lowest BCUT2D eigenvalue weighted by Gasteiger charge is -2.47. The minimum Gasteiger partial charge on any atom is -0.504 e. The number of ether oxygens (including phenoxy) is 1. The molecule has 2 unspecified atom stereocenters. The van der Waals surface area contributed by atoms with Crippen molar-refractivity contribution in [2.75, 3.05) is 18.6 Å². The number of hydrogen-bond acceptors (Lipinski definition) is 4. The number of phenolic OH excluding ortho intramolecular Hbond substituents is 1. The van der Waals surface area contributed by atoms with Crippen molar-refractivity contribution < 1.29 is 19.0 Å². The van der Waals surface area contributed by atoms with Crippen LogP contribution in [0.15, 0.2) is 54.6 Å². The topological polar surface area (TPSA) is 53.0 Å². The lowest BCUT2D eigenvalue weighted by Crippen LogP contribution is -2.56. The van der Waals surface area contributed by atoms with Gasteiger partial charge in [-0.05, 0) is 55.7 Å². The molecule has 1 fully saturated rings. The Balaban J connectivity index is 1.53. The van der Waals surface area contributed by atoms with Crippen LogP contribution in [0, 0.1) is 5.82 Å². The Morgan fingerprint density at radius 3 is 2.83 bits per heavy atom. The Morgan fingerprint density at radius 2 is 2.10 bits per heavy atom. The van der Waals surface area contributed by atoms with Crippen LogP contribution in [0.3, 0.4) is 0 Å². The van der Waals surface area contributed by atoms with E-state index < -0.39 is 5.54 Å². The molecule has 0 aliphatic carbocycles. The van der Waals surface area contributed by atoms with E-state index in [1.54, 1.807) is 29.2 Å². The molecule has 1 N–H and O–H groups in total. The summed E-state index contributed by atoms with van der Waals surface area (Å²) in [6, 6.07) is 11.9. The van der Waals surface area contributed by atoms with Gasteiger partial charge in [0, 0.05) is 30.9 Å². The molecule has 4 rings (SSSR count). The molecule has 0 aromatic heterocycles. The van der Waals surface area contributed by atoms with Gasteiger partial charge in [0.25, 0.3) is 5.91 Å². The third kappa shape index (κ3) is 3.60. The first kappa shape index (κ1) is 19.5. The first-order chi connectivity index (χ1) is 13.9. The van der Waals surface area contributed by atoms with Gasteiger partial charge < -0.3 is 9.84 Å². The highest BCUT2D eigenvalue weighted by Crippen LogP contribution is 2.41. The Hall–Kier alpha value is -2.86. The van der Waals surface area contributed by atoms with Gasteiger partial charge in [0.1, 0.15) is 5.82 Å². The van der Waals surface area contributed by atoms with Gasteiger partial charge in [-0.25, -0.2) is 4.39 Å². The number of anilines is 1. The zero-order valence-corrected chi connectivity index (χ0v) is 16.6. The number of carbonyl (C=O) groups excluding carboxylic acids is 1. The predicted octanol–water partition coefficient (Wildman–Crippen LogP) is 3.87. The fourth-order valence-corrected chi connectivity index (χ4v) is 4.54. The Kier molecular flexibility index (Phi) is 5.04. The molecule has 6 heteroatoms. The largest absolute Gasteiger partial charge is 0.504 e. The van der Waals surface area contributed by atoms with Crippen molar-refractivity contribution in [3.63, 3.8) is 0 Å². The Labute approximate surface area is 170 Å². The summed E-state index contributed by atoms with van der Waals surface area (Å²) in [5.41, 5.74) is 1.24. The molecule has 0 bridgehead atoms. The highest BCUT2D eigenvalue weighted by Gasteiger charge is 2.46. The summed E-state index contributed by atoms with van der Waals surface area (Å²) in [5, 5.41) is 9.80. The first-order valence-corrected chi connectivity index (χ1v) is 9.81. The number of hydrogen-bond donors (Lipinski definition) is 1. The van der Waals surface area contributed by atoms with Gasteiger partial charge in [0.05, 0.1) is 12.6 Å². The third-order valence-corrected chi connectivity index (χ3v) is 6.00. The number of nitrogens with zero attached hydrogens (tertiary/aromatic N) is 2. The van der Waals surface area contributed by atoms with E-state index in [9.17, 15) is 14.3 Å². The molecule has 2 aromatic rings. The molecule has 1 amide bonds. The molecule has 1 spiro atoms. The molecular formula is C23H25FN2O3. The Morgan fingerprint density at radius 1 is 1.28 bits per heavy atom. The molecule has 152 valence electrons. The van der Waals surface area contributed by atoms with Crippen LogP contribution in [0.25, 0.3) is 0 Å². The number of carbonyl (C=O) groups is 1. The van der Waals surface area contributed by atoms with E-state index in [1.165, 1.54) is 19.2 Å². The van der Waals surface area contributed by atoms with E-state index in [1.807, 2.05) is 18.2 Å². The van der Waals surface area contributed by atoms with Crippen LogP contribution in [0.2, 0.25) is 0 Å². The average Bonchev–Trinajstić information content (AvgIpc) is 3.01. The van der Waals surface area contributed by atoms with Gasteiger partial charge in [-0.2, -0.15) is 0 Å². The Bertz CT molecular complexity index is 961. The number of aromatic hydroxyl groups is 1. The second-order valence-corrected chi connectivity index (χ2v) is 7.87. The molecule has 0 saturated carbocycles. The highest BCUT2D eigenvalue weighted by atomic mass is 19.1. The molecule has 2 heterocycles. The first-order valence-electron chi connectivity index (χ1n) is 9.81. The van der Waals surface area contributed by atoms with Crippen molar-refractivity contribution in [3.8, 4) is 11.5 Å². The lowest BCUT2D eigenvalue weighted by molar-refractivity contribution is -0.114. The van der Waals surface area contributed by atoms with Crippen molar-refractivity contribution in [3.05, 3.63) is 66.0 Å². The second-order valence-electron chi connectivity index (χ2n) is 7.87. The zero-order chi connectivity index (χ0) is 20.6. The average molecular weight is 396 g/mol. The number of phenols is 1. The number of methoxy groups -OCH3 is 1. The summed E-state index contributed by atoms with van der Waals surface area (Å²) >= 11 is 0. The molecule has 2 aromatic carbocycles. The maximum Gasteiger partial charge on any atom is 0.251 e. The number of rotatable bonds is 4. The molecule has 2 atom stereocenters. The lowest BCUT2D eigenvalue weighted by atomic mass is 9.82. The minimum absolute atomic E-state index is 0.0977. The van der Waals surface area contributed by atoms with E-state index >= 15 is 0 Å². The second kappa shape index (κ2) is 7.52. The normalized spacial score (nSPS) is 24.4. The molecule has 2 aliphatic heterocycles. The number of amides is 1. The predicted molar refractivity (Wildman–Crippen MR) is 110 cm³/mol. The smallest absolute Gasteiger partial charge is 0.251 e. The maximum absolute atomic E-state index is 13.8. The van der Waals surface area contributed by atoms with Gasteiger partial charge in [-0.1, -0.05) is 18.2 Å². The van der Waals surface area contributed by atoms with Crippen LogP contribution >= 0.6 is 0 Å². The van der Waals surface area contributed by atoms with Crippen LogP contribution in [-0.4, -0.2) is 41.1 Å². The summed E-state index contributed by atoms with van der Waals surface area (Å²) in [4.78, 5) is 16.7. The van der Waals surface area contributed by atoms with Gasteiger partial charge in [0.15, 0.2) is 11.5 Å². The van der Waals surface area contributed by atoms with Crippen LogP contribution in [0.1, 0.15) is 25.3 Å². The fraction of sp³-hybridized carbons (Fsp3) is 0.348. The van der Waals surface area contributed by atoms with Crippen LogP contribution < -0.4 is 9.64 Å². The molecule has 29 heavy (non-hydrogen) atoms. The standard InChI is InChI=1S/C23H25FN2O3/c1-16-14-23(9-8-22(28)26(23)19-5-3-4-18(24)13-19)10-11-25(16)15-17-6-7-20(27)21(12-17)29-2/h3-9,12-13,16,27H,10-11,14-15H2,1-2H3. The molecule has 1 saturated heterocycles. The quantitative estimate of drug-likeness (QED) is 0.853. The minimum atomic E-state index is -0.423.